The Labute approximate surface area is 99.1 Å². The number of hydrogen-bond donors (Lipinski definition) is 1. The van der Waals surface area contributed by atoms with Crippen LogP contribution in [-0.2, 0) is 0 Å². The Bertz CT molecular complexity index is 553. The predicted octanol–water partition coefficient (Wildman–Crippen LogP) is 2.19. The summed E-state index contributed by atoms with van der Waals surface area (Å²) >= 11 is 0. The molecule has 0 amide bonds. The molecule has 86 valence electrons. The molecule has 0 atom stereocenters. The van der Waals surface area contributed by atoms with Crippen LogP contribution < -0.4 is 10.5 Å². The first-order valence-corrected chi connectivity index (χ1v) is 5.16. The minimum Gasteiger partial charge on any atom is -0.423 e. The van der Waals surface area contributed by atoms with Crippen LogP contribution in [0.25, 0.3) is 0 Å². The maximum absolute atomic E-state index is 11.8. The van der Waals surface area contributed by atoms with Crippen LogP contribution in [0.5, 0.6) is 5.75 Å². The monoisotopic (exact) mass is 228 g/mol. The molecule has 0 saturated carbocycles. The quantitative estimate of drug-likeness (QED) is 0.486. The maximum Gasteiger partial charge on any atom is 0.345 e. The predicted molar refractivity (Wildman–Crippen MR) is 64.8 cm³/mol. The van der Waals surface area contributed by atoms with Gasteiger partial charge in [0.2, 0.25) is 0 Å². The standard InChI is InChI=1S/C13H12N2O2/c1-9-12(6-3-7-15-9)13(16)17-11-5-2-4-10(14)8-11/h2-8H,14H2,1H3. The van der Waals surface area contributed by atoms with E-state index in [1.54, 1.807) is 49.5 Å². The Balaban J connectivity index is 2.20. The highest BCUT2D eigenvalue weighted by atomic mass is 16.5. The van der Waals surface area contributed by atoms with Crippen LogP contribution in [-0.4, -0.2) is 11.0 Å². The number of ether oxygens (including phenoxy) is 1. The number of benzene rings is 1. The number of hydrogen-bond acceptors (Lipinski definition) is 4. The molecule has 0 radical (unpaired) electrons. The zero-order chi connectivity index (χ0) is 12.3. The van der Waals surface area contributed by atoms with E-state index in [9.17, 15) is 4.79 Å². The minimum absolute atomic E-state index is 0.429. The number of esters is 1. The summed E-state index contributed by atoms with van der Waals surface area (Å²) in [7, 11) is 0. The zero-order valence-corrected chi connectivity index (χ0v) is 9.38. The largest absolute Gasteiger partial charge is 0.423 e. The molecule has 0 spiro atoms. The van der Waals surface area contributed by atoms with Crippen LogP contribution in [0.3, 0.4) is 0 Å². The van der Waals surface area contributed by atoms with Gasteiger partial charge in [-0.2, -0.15) is 0 Å². The first kappa shape index (κ1) is 11.1. The van der Waals surface area contributed by atoms with Gasteiger partial charge in [-0.15, -0.1) is 0 Å². The lowest BCUT2D eigenvalue weighted by Gasteiger charge is -2.06. The smallest absolute Gasteiger partial charge is 0.345 e. The summed E-state index contributed by atoms with van der Waals surface area (Å²) in [5.41, 5.74) is 7.25. The Morgan fingerprint density at radius 3 is 2.82 bits per heavy atom. The molecule has 1 heterocycles. The van der Waals surface area contributed by atoms with Crippen molar-refractivity contribution < 1.29 is 9.53 Å². The van der Waals surface area contributed by atoms with Crippen molar-refractivity contribution in [2.45, 2.75) is 6.92 Å². The lowest BCUT2D eigenvalue weighted by atomic mass is 10.2. The van der Waals surface area contributed by atoms with Crippen molar-refractivity contribution in [3.63, 3.8) is 0 Å². The van der Waals surface area contributed by atoms with Gasteiger partial charge in [0, 0.05) is 18.0 Å². The molecule has 0 bridgehead atoms. The average Bonchev–Trinajstić information content (AvgIpc) is 2.29. The van der Waals surface area contributed by atoms with E-state index in [0.29, 0.717) is 22.7 Å². The zero-order valence-electron chi connectivity index (χ0n) is 9.38. The van der Waals surface area contributed by atoms with Gasteiger partial charge in [-0.3, -0.25) is 4.98 Å². The molecule has 0 fully saturated rings. The van der Waals surface area contributed by atoms with Crippen molar-refractivity contribution in [2.24, 2.45) is 0 Å². The highest BCUT2D eigenvalue weighted by molar-refractivity contribution is 5.92. The second-order valence-electron chi connectivity index (χ2n) is 3.60. The lowest BCUT2D eigenvalue weighted by molar-refractivity contribution is 0.0733. The first-order chi connectivity index (χ1) is 8.16. The van der Waals surface area contributed by atoms with Crippen LogP contribution in [0.1, 0.15) is 16.1 Å². The summed E-state index contributed by atoms with van der Waals surface area (Å²) in [6.45, 7) is 1.76. The van der Waals surface area contributed by atoms with E-state index in [1.165, 1.54) is 0 Å². The topological polar surface area (TPSA) is 65.2 Å². The second-order valence-corrected chi connectivity index (χ2v) is 3.60. The summed E-state index contributed by atoms with van der Waals surface area (Å²) in [5.74, 6) is -0.000506. The van der Waals surface area contributed by atoms with E-state index < -0.39 is 5.97 Å². The van der Waals surface area contributed by atoms with Crippen molar-refractivity contribution in [2.75, 3.05) is 5.73 Å². The summed E-state index contributed by atoms with van der Waals surface area (Å²) in [6, 6.07) is 10.1. The van der Waals surface area contributed by atoms with E-state index in [1.807, 2.05) is 0 Å². The molecule has 2 N–H and O–H groups in total. The third kappa shape index (κ3) is 2.60. The number of carbonyl (C=O) groups is 1. The van der Waals surface area contributed by atoms with E-state index in [4.69, 9.17) is 10.5 Å². The third-order valence-corrected chi connectivity index (χ3v) is 2.30. The minimum atomic E-state index is -0.429. The van der Waals surface area contributed by atoms with Crippen LogP contribution in [0.15, 0.2) is 42.6 Å². The molecule has 17 heavy (non-hydrogen) atoms. The van der Waals surface area contributed by atoms with Crippen molar-refractivity contribution in [1.29, 1.82) is 0 Å². The normalized spacial score (nSPS) is 9.94. The third-order valence-electron chi connectivity index (χ3n) is 2.30. The van der Waals surface area contributed by atoms with E-state index in [0.717, 1.165) is 0 Å². The summed E-state index contributed by atoms with van der Waals surface area (Å²) in [6.07, 6.45) is 1.63. The van der Waals surface area contributed by atoms with Gasteiger partial charge in [0.25, 0.3) is 0 Å². The van der Waals surface area contributed by atoms with Crippen LogP contribution in [0.2, 0.25) is 0 Å². The number of nitrogens with two attached hydrogens (primary N) is 1. The van der Waals surface area contributed by atoms with Crippen LogP contribution >= 0.6 is 0 Å². The second kappa shape index (κ2) is 4.65. The number of anilines is 1. The Morgan fingerprint density at radius 1 is 1.29 bits per heavy atom. The fourth-order valence-electron chi connectivity index (χ4n) is 1.44. The lowest BCUT2D eigenvalue weighted by Crippen LogP contribution is -2.11. The van der Waals surface area contributed by atoms with Crippen molar-refractivity contribution in [3.8, 4) is 5.75 Å². The van der Waals surface area contributed by atoms with E-state index in [-0.39, 0.29) is 0 Å². The molecule has 0 unspecified atom stereocenters. The van der Waals surface area contributed by atoms with Crippen LogP contribution in [0.4, 0.5) is 5.69 Å². The molecule has 4 nitrogen and oxygen atoms in total. The first-order valence-electron chi connectivity index (χ1n) is 5.16. The number of carbonyl (C=O) groups excluding carboxylic acids is 1. The van der Waals surface area contributed by atoms with Crippen LogP contribution in [0, 0.1) is 6.92 Å². The molecule has 0 aliphatic rings. The molecule has 4 heteroatoms. The maximum atomic E-state index is 11.8. The van der Waals surface area contributed by atoms with Crippen molar-refractivity contribution >= 4 is 11.7 Å². The Kier molecular flexibility index (Phi) is 3.05. The molecule has 1 aromatic carbocycles. The number of pyridine rings is 1. The van der Waals surface area contributed by atoms with Gasteiger partial charge >= 0.3 is 5.97 Å². The van der Waals surface area contributed by atoms with Gasteiger partial charge in [0.15, 0.2) is 0 Å². The number of nitrogen functional groups attached to an aromatic ring is 1. The summed E-state index contributed by atoms with van der Waals surface area (Å²) < 4.78 is 5.20. The number of rotatable bonds is 2. The van der Waals surface area contributed by atoms with Gasteiger partial charge in [-0.25, -0.2) is 4.79 Å². The molecule has 2 rings (SSSR count). The van der Waals surface area contributed by atoms with E-state index >= 15 is 0 Å². The Hall–Kier alpha value is -2.36. The molecule has 2 aromatic rings. The van der Waals surface area contributed by atoms with Gasteiger partial charge in [-0.05, 0) is 31.2 Å². The molecular formula is C13H12N2O2. The molecular weight excluding hydrogens is 216 g/mol. The molecule has 0 aliphatic heterocycles. The molecule has 0 saturated heterocycles. The molecule has 1 aromatic heterocycles. The number of nitrogens with zero attached hydrogens (tertiary/aromatic N) is 1. The molecule has 0 aliphatic carbocycles. The Morgan fingerprint density at radius 2 is 2.12 bits per heavy atom. The summed E-state index contributed by atoms with van der Waals surface area (Å²) in [5, 5.41) is 0. The SMILES string of the molecule is Cc1ncccc1C(=O)Oc1cccc(N)c1. The highest BCUT2D eigenvalue weighted by Crippen LogP contribution is 2.16. The highest BCUT2D eigenvalue weighted by Gasteiger charge is 2.11. The van der Waals surface area contributed by atoms with Gasteiger partial charge < -0.3 is 10.5 Å². The van der Waals surface area contributed by atoms with Gasteiger partial charge in [0.1, 0.15) is 5.75 Å². The van der Waals surface area contributed by atoms with Crippen molar-refractivity contribution in [3.05, 3.63) is 53.9 Å². The summed E-state index contributed by atoms with van der Waals surface area (Å²) in [4.78, 5) is 15.9. The number of aromatic nitrogens is 1. The number of aryl methyl sites for hydroxylation is 1. The fraction of sp³-hybridized carbons (Fsp3) is 0.0769. The fourth-order valence-corrected chi connectivity index (χ4v) is 1.44. The van der Waals surface area contributed by atoms with Gasteiger partial charge in [-0.1, -0.05) is 6.07 Å². The van der Waals surface area contributed by atoms with E-state index in [2.05, 4.69) is 4.98 Å². The average molecular weight is 228 g/mol. The van der Waals surface area contributed by atoms with Gasteiger partial charge in [0.05, 0.1) is 11.3 Å². The van der Waals surface area contributed by atoms with Crippen molar-refractivity contribution in [1.82, 2.24) is 4.98 Å².